The molecule has 0 aromatic carbocycles. The molecular weight excluding hydrogens is 473 g/mol. The number of carbonyl (C=O) groups excluding carboxylic acids is 1. The van der Waals surface area contributed by atoms with Crippen LogP contribution >= 0.6 is 0 Å². The van der Waals surface area contributed by atoms with Crippen molar-refractivity contribution >= 4 is 38.2 Å². The van der Waals surface area contributed by atoms with Crippen LogP contribution in [0.2, 0.25) is 0 Å². The van der Waals surface area contributed by atoms with Crippen LogP contribution in [-0.2, 0) is 27.9 Å². The maximum absolute atomic E-state index is 13.1. The van der Waals surface area contributed by atoms with E-state index in [9.17, 15) is 26.4 Å². The molecule has 5 rings (SSSR count). The number of anilines is 1. The van der Waals surface area contributed by atoms with Gasteiger partial charge in [-0.2, -0.15) is 13.2 Å². The van der Waals surface area contributed by atoms with Crippen molar-refractivity contribution in [2.45, 2.75) is 31.0 Å². The Bertz CT molecular complexity index is 1570. The molecule has 13 heteroatoms. The monoisotopic (exact) mass is 492 g/mol. The molecule has 1 saturated carbocycles. The minimum Gasteiger partial charge on any atom is -0.326 e. The molecule has 0 aliphatic heterocycles. The standard InChI is InChI=1S/C21H19F3N6O3S/c1-3-34(32,33)20-16(18-27-14-8-12(21(22,23)24)10-25-17(14)29(18)2)28-15-9-13(6-7-30(15)20)26-19(31)11-4-5-11/h6-11H,3-5H2,1-2H3,(H,26,31). The van der Waals surface area contributed by atoms with Crippen LogP contribution in [0, 0.1) is 5.92 Å². The van der Waals surface area contributed by atoms with Crippen LogP contribution in [0.4, 0.5) is 18.9 Å². The zero-order valence-electron chi connectivity index (χ0n) is 18.1. The van der Waals surface area contributed by atoms with Crippen molar-refractivity contribution in [2.24, 2.45) is 13.0 Å². The fourth-order valence-corrected chi connectivity index (χ4v) is 4.87. The van der Waals surface area contributed by atoms with E-state index in [1.807, 2.05) is 0 Å². The number of nitrogens with one attached hydrogen (secondary N) is 1. The molecule has 34 heavy (non-hydrogen) atoms. The summed E-state index contributed by atoms with van der Waals surface area (Å²) in [6.45, 7) is 1.48. The third-order valence-corrected chi connectivity index (χ3v) is 7.46. The molecule has 1 aliphatic carbocycles. The first-order valence-electron chi connectivity index (χ1n) is 10.5. The van der Waals surface area contributed by atoms with E-state index < -0.39 is 21.6 Å². The Morgan fingerprint density at radius 3 is 2.62 bits per heavy atom. The molecule has 9 nitrogen and oxygen atoms in total. The number of hydrogen-bond donors (Lipinski definition) is 1. The van der Waals surface area contributed by atoms with Crippen LogP contribution in [-0.4, -0.2) is 44.0 Å². The molecule has 0 radical (unpaired) electrons. The highest BCUT2D eigenvalue weighted by atomic mass is 32.2. The molecular formula is C21H19F3N6O3S. The van der Waals surface area contributed by atoms with Crippen LogP contribution in [0.1, 0.15) is 25.3 Å². The van der Waals surface area contributed by atoms with Gasteiger partial charge in [0.15, 0.2) is 26.3 Å². The van der Waals surface area contributed by atoms with E-state index in [1.54, 1.807) is 12.1 Å². The van der Waals surface area contributed by atoms with Gasteiger partial charge in [-0.1, -0.05) is 6.92 Å². The smallest absolute Gasteiger partial charge is 0.326 e. The van der Waals surface area contributed by atoms with Crippen LogP contribution < -0.4 is 5.32 Å². The van der Waals surface area contributed by atoms with Gasteiger partial charge in [0.1, 0.15) is 16.9 Å². The molecule has 1 amide bonds. The number of carbonyl (C=O) groups is 1. The normalized spacial score (nSPS) is 14.7. The van der Waals surface area contributed by atoms with Crippen molar-refractivity contribution < 1.29 is 26.4 Å². The number of imidazole rings is 2. The zero-order chi connectivity index (χ0) is 24.4. The topological polar surface area (TPSA) is 111 Å². The highest BCUT2D eigenvalue weighted by Crippen LogP contribution is 2.34. The number of nitrogens with zero attached hydrogens (tertiary/aromatic N) is 5. The van der Waals surface area contributed by atoms with Gasteiger partial charge in [-0.25, -0.2) is 23.4 Å². The molecule has 0 unspecified atom stereocenters. The Labute approximate surface area is 191 Å². The Kier molecular flexibility index (Phi) is 4.93. The summed E-state index contributed by atoms with van der Waals surface area (Å²) < 4.78 is 68.2. The Balaban J connectivity index is 1.70. The van der Waals surface area contributed by atoms with Crippen molar-refractivity contribution in [3.63, 3.8) is 0 Å². The molecule has 4 aromatic heterocycles. The number of pyridine rings is 2. The second kappa shape index (κ2) is 7.52. The van der Waals surface area contributed by atoms with Gasteiger partial charge in [0.05, 0.1) is 11.3 Å². The lowest BCUT2D eigenvalue weighted by Gasteiger charge is -2.07. The molecule has 4 aromatic rings. The van der Waals surface area contributed by atoms with E-state index in [0.717, 1.165) is 18.9 Å². The van der Waals surface area contributed by atoms with Gasteiger partial charge in [-0.05, 0) is 25.0 Å². The van der Waals surface area contributed by atoms with Crippen LogP contribution in [0.5, 0.6) is 0 Å². The molecule has 1 fully saturated rings. The predicted molar refractivity (Wildman–Crippen MR) is 117 cm³/mol. The van der Waals surface area contributed by atoms with Gasteiger partial charge in [-0.3, -0.25) is 9.20 Å². The molecule has 0 bridgehead atoms. The summed E-state index contributed by atoms with van der Waals surface area (Å²) in [5.74, 6) is -0.300. The lowest BCUT2D eigenvalue weighted by Crippen LogP contribution is -2.13. The molecule has 0 atom stereocenters. The zero-order valence-corrected chi connectivity index (χ0v) is 18.9. The number of amides is 1. The summed E-state index contributed by atoms with van der Waals surface area (Å²) in [5, 5.41) is 2.65. The largest absolute Gasteiger partial charge is 0.417 e. The highest BCUT2D eigenvalue weighted by Gasteiger charge is 2.33. The van der Waals surface area contributed by atoms with Gasteiger partial charge >= 0.3 is 6.18 Å². The van der Waals surface area contributed by atoms with E-state index in [-0.39, 0.29) is 50.9 Å². The number of alkyl halides is 3. The lowest BCUT2D eigenvalue weighted by atomic mass is 10.2. The number of halogens is 3. The number of hydrogen-bond acceptors (Lipinski definition) is 6. The van der Waals surface area contributed by atoms with E-state index in [4.69, 9.17) is 0 Å². The molecule has 0 spiro atoms. The van der Waals surface area contributed by atoms with Gasteiger partial charge in [0.25, 0.3) is 0 Å². The molecule has 4 heterocycles. The van der Waals surface area contributed by atoms with Crippen LogP contribution in [0.3, 0.4) is 0 Å². The first-order valence-corrected chi connectivity index (χ1v) is 12.1. The quantitative estimate of drug-likeness (QED) is 0.457. The maximum atomic E-state index is 13.1. The van der Waals surface area contributed by atoms with Gasteiger partial charge in [-0.15, -0.1) is 0 Å². The fraction of sp³-hybridized carbons (Fsp3) is 0.333. The minimum atomic E-state index is -4.60. The minimum absolute atomic E-state index is 0.0124. The first-order chi connectivity index (χ1) is 16.0. The van der Waals surface area contributed by atoms with Gasteiger partial charge in [0.2, 0.25) is 5.91 Å². The average Bonchev–Trinajstić information content (AvgIpc) is 3.49. The lowest BCUT2D eigenvalue weighted by molar-refractivity contribution is -0.137. The Morgan fingerprint density at radius 2 is 1.97 bits per heavy atom. The van der Waals surface area contributed by atoms with E-state index in [1.165, 1.54) is 29.1 Å². The van der Waals surface area contributed by atoms with Gasteiger partial charge < -0.3 is 9.88 Å². The summed E-state index contributed by atoms with van der Waals surface area (Å²) in [7, 11) is -2.30. The van der Waals surface area contributed by atoms with Crippen molar-refractivity contribution in [2.75, 3.05) is 11.1 Å². The van der Waals surface area contributed by atoms with Crippen molar-refractivity contribution in [1.29, 1.82) is 0 Å². The van der Waals surface area contributed by atoms with Crippen molar-refractivity contribution in [3.05, 3.63) is 36.2 Å². The molecule has 1 aliphatic rings. The average molecular weight is 492 g/mol. The molecule has 1 N–H and O–H groups in total. The number of aryl methyl sites for hydroxylation is 1. The van der Waals surface area contributed by atoms with E-state index in [2.05, 4.69) is 20.3 Å². The van der Waals surface area contributed by atoms with Gasteiger partial charge in [0, 0.05) is 37.1 Å². The second-order valence-corrected chi connectivity index (χ2v) is 10.3. The third kappa shape index (κ3) is 3.69. The van der Waals surface area contributed by atoms with E-state index in [0.29, 0.717) is 11.9 Å². The Hall–Kier alpha value is -3.48. The van der Waals surface area contributed by atoms with Crippen LogP contribution in [0.25, 0.3) is 28.3 Å². The summed E-state index contributed by atoms with van der Waals surface area (Å²) >= 11 is 0. The fourth-order valence-electron chi connectivity index (χ4n) is 3.71. The highest BCUT2D eigenvalue weighted by molar-refractivity contribution is 7.91. The van der Waals surface area contributed by atoms with Crippen molar-refractivity contribution in [1.82, 2.24) is 23.9 Å². The molecule has 178 valence electrons. The number of sulfone groups is 1. The maximum Gasteiger partial charge on any atom is 0.417 e. The van der Waals surface area contributed by atoms with Crippen LogP contribution in [0.15, 0.2) is 35.6 Å². The number of aromatic nitrogens is 5. The Morgan fingerprint density at radius 1 is 1.24 bits per heavy atom. The summed E-state index contributed by atoms with van der Waals surface area (Å²) in [5.41, 5.74) is -0.160. The van der Waals surface area contributed by atoms with Crippen molar-refractivity contribution in [3.8, 4) is 11.5 Å². The number of rotatable bonds is 5. The second-order valence-electron chi connectivity index (χ2n) is 8.14. The summed E-state index contributed by atoms with van der Waals surface area (Å²) in [6, 6.07) is 3.97. The molecule has 0 saturated heterocycles. The first kappa shape index (κ1) is 22.3. The summed E-state index contributed by atoms with van der Waals surface area (Å²) in [4.78, 5) is 24.7. The third-order valence-electron chi connectivity index (χ3n) is 5.72. The predicted octanol–water partition coefficient (Wildman–Crippen LogP) is 3.44. The SMILES string of the molecule is CCS(=O)(=O)c1c(-c2nc3cc(C(F)(F)F)cnc3n2C)nc2cc(NC(=O)C3CC3)ccn12. The number of fused-ring (bicyclic) bond motifs is 2. The van der Waals surface area contributed by atoms with E-state index >= 15 is 0 Å². The summed E-state index contributed by atoms with van der Waals surface area (Å²) in [6.07, 6.45) is -0.746.